The van der Waals surface area contributed by atoms with Gasteiger partial charge >= 0.3 is 0 Å². The van der Waals surface area contributed by atoms with Crippen LogP contribution in [0.3, 0.4) is 0 Å². The van der Waals surface area contributed by atoms with Crippen LogP contribution in [0, 0.1) is 0 Å². The van der Waals surface area contributed by atoms with Gasteiger partial charge in [0.2, 0.25) is 11.7 Å². The van der Waals surface area contributed by atoms with Gasteiger partial charge in [0.1, 0.15) is 0 Å². The number of likely N-dealkylation sites (N-methyl/N-ethyl adjacent to an activating group) is 1. The fourth-order valence-corrected chi connectivity index (χ4v) is 3.77. The van der Waals surface area contributed by atoms with Crippen molar-refractivity contribution in [2.75, 3.05) is 13.6 Å². The topological polar surface area (TPSA) is 84.2 Å². The number of benzene rings is 1. The summed E-state index contributed by atoms with van der Waals surface area (Å²) in [6, 6.07) is 11.5. The average molecular weight is 406 g/mol. The summed E-state index contributed by atoms with van der Waals surface area (Å²) in [5.41, 5.74) is 2.81. The second-order valence-electron chi connectivity index (χ2n) is 8.88. The van der Waals surface area contributed by atoms with E-state index >= 15 is 0 Å². The lowest BCUT2D eigenvalue weighted by molar-refractivity contribution is 0.0938. The van der Waals surface area contributed by atoms with E-state index in [1.54, 1.807) is 12.4 Å². The number of amides is 1. The van der Waals surface area contributed by atoms with Gasteiger partial charge in [0.15, 0.2) is 0 Å². The van der Waals surface area contributed by atoms with E-state index in [0.717, 1.165) is 18.5 Å². The van der Waals surface area contributed by atoms with E-state index in [1.165, 1.54) is 5.56 Å². The SMILES string of the molecule is CN1CC(NC(=O)c2ccc(C(C)(C)C)cc2)CC1c1nc(-c2ccncc2)no1. The van der Waals surface area contributed by atoms with Gasteiger partial charge in [-0.2, -0.15) is 4.98 Å². The smallest absolute Gasteiger partial charge is 0.251 e. The number of aromatic nitrogens is 3. The quantitative estimate of drug-likeness (QED) is 0.714. The first-order valence-corrected chi connectivity index (χ1v) is 10.2. The van der Waals surface area contributed by atoms with Crippen LogP contribution in [-0.2, 0) is 5.41 Å². The Hall–Kier alpha value is -3.06. The monoisotopic (exact) mass is 405 g/mol. The molecule has 0 radical (unpaired) electrons. The molecular formula is C23H27N5O2. The van der Waals surface area contributed by atoms with E-state index in [0.29, 0.717) is 17.3 Å². The number of likely N-dealkylation sites (tertiary alicyclic amines) is 1. The second kappa shape index (κ2) is 7.99. The molecule has 0 saturated carbocycles. The number of rotatable bonds is 4. The van der Waals surface area contributed by atoms with Crippen molar-refractivity contribution in [1.29, 1.82) is 0 Å². The third-order valence-electron chi connectivity index (χ3n) is 5.56. The highest BCUT2D eigenvalue weighted by Crippen LogP contribution is 2.31. The van der Waals surface area contributed by atoms with E-state index in [2.05, 4.69) is 46.1 Å². The molecule has 2 atom stereocenters. The predicted octanol–water partition coefficient (Wildman–Crippen LogP) is 3.60. The molecule has 1 saturated heterocycles. The minimum Gasteiger partial charge on any atom is -0.348 e. The zero-order chi connectivity index (χ0) is 21.3. The van der Waals surface area contributed by atoms with Crippen molar-refractivity contribution in [3.8, 4) is 11.4 Å². The van der Waals surface area contributed by atoms with Crippen LogP contribution in [0.15, 0.2) is 53.3 Å². The van der Waals surface area contributed by atoms with Gasteiger partial charge < -0.3 is 9.84 Å². The average Bonchev–Trinajstić information content (AvgIpc) is 3.35. The van der Waals surface area contributed by atoms with Crippen LogP contribution in [0.1, 0.15) is 55.0 Å². The molecule has 7 heteroatoms. The van der Waals surface area contributed by atoms with Crippen LogP contribution < -0.4 is 5.32 Å². The summed E-state index contributed by atoms with van der Waals surface area (Å²) in [5.74, 6) is 1.06. The molecule has 3 aromatic rings. The zero-order valence-electron chi connectivity index (χ0n) is 17.8. The van der Waals surface area contributed by atoms with Gasteiger partial charge in [0.05, 0.1) is 6.04 Å². The Morgan fingerprint density at radius 1 is 1.13 bits per heavy atom. The fraction of sp³-hybridized carbons (Fsp3) is 0.391. The second-order valence-corrected chi connectivity index (χ2v) is 8.88. The van der Waals surface area contributed by atoms with Crippen LogP contribution in [0.25, 0.3) is 11.4 Å². The Kier molecular flexibility index (Phi) is 5.39. The van der Waals surface area contributed by atoms with Crippen LogP contribution in [0.4, 0.5) is 0 Å². The highest BCUT2D eigenvalue weighted by atomic mass is 16.5. The maximum Gasteiger partial charge on any atom is 0.251 e. The Balaban J connectivity index is 1.41. The van der Waals surface area contributed by atoms with Crippen molar-refractivity contribution in [2.24, 2.45) is 0 Å². The number of hydrogen-bond acceptors (Lipinski definition) is 6. The lowest BCUT2D eigenvalue weighted by Crippen LogP contribution is -2.36. The van der Waals surface area contributed by atoms with Crippen molar-refractivity contribution < 1.29 is 9.32 Å². The Morgan fingerprint density at radius 3 is 2.50 bits per heavy atom. The summed E-state index contributed by atoms with van der Waals surface area (Å²) in [6.45, 7) is 7.21. The largest absolute Gasteiger partial charge is 0.348 e. The molecule has 156 valence electrons. The van der Waals surface area contributed by atoms with E-state index in [-0.39, 0.29) is 23.4 Å². The number of nitrogens with one attached hydrogen (secondary N) is 1. The Labute approximate surface area is 176 Å². The van der Waals surface area contributed by atoms with Crippen molar-refractivity contribution in [3.05, 3.63) is 65.8 Å². The number of carbonyl (C=O) groups excluding carboxylic acids is 1. The van der Waals surface area contributed by atoms with Crippen LogP contribution in [0.5, 0.6) is 0 Å². The molecule has 0 bridgehead atoms. The van der Waals surface area contributed by atoms with Gasteiger partial charge in [-0.1, -0.05) is 38.1 Å². The van der Waals surface area contributed by atoms with Crippen molar-refractivity contribution in [1.82, 2.24) is 25.3 Å². The number of carbonyl (C=O) groups is 1. The van der Waals surface area contributed by atoms with Crippen LogP contribution >= 0.6 is 0 Å². The molecule has 3 heterocycles. The van der Waals surface area contributed by atoms with Gasteiger partial charge in [0.25, 0.3) is 5.91 Å². The van der Waals surface area contributed by atoms with Crippen molar-refractivity contribution in [2.45, 2.75) is 44.7 Å². The van der Waals surface area contributed by atoms with Gasteiger partial charge in [-0.15, -0.1) is 0 Å². The number of hydrogen-bond donors (Lipinski definition) is 1. The minimum atomic E-state index is -0.0579. The lowest BCUT2D eigenvalue weighted by atomic mass is 9.86. The summed E-state index contributed by atoms with van der Waals surface area (Å²) in [6.07, 6.45) is 4.12. The van der Waals surface area contributed by atoms with Crippen molar-refractivity contribution >= 4 is 5.91 Å². The zero-order valence-corrected chi connectivity index (χ0v) is 17.8. The minimum absolute atomic E-state index is 0.0195. The third-order valence-corrected chi connectivity index (χ3v) is 5.56. The van der Waals surface area contributed by atoms with Gasteiger partial charge in [-0.25, -0.2) is 0 Å². The summed E-state index contributed by atoms with van der Waals surface area (Å²) in [4.78, 5) is 23.4. The van der Waals surface area contributed by atoms with E-state index in [9.17, 15) is 4.79 Å². The molecule has 1 aromatic carbocycles. The van der Waals surface area contributed by atoms with E-state index in [4.69, 9.17) is 4.52 Å². The maximum absolute atomic E-state index is 12.7. The van der Waals surface area contributed by atoms with Crippen LogP contribution in [0.2, 0.25) is 0 Å². The molecular weight excluding hydrogens is 378 g/mol. The molecule has 30 heavy (non-hydrogen) atoms. The van der Waals surface area contributed by atoms with E-state index in [1.807, 2.05) is 43.4 Å². The summed E-state index contributed by atoms with van der Waals surface area (Å²) < 4.78 is 5.52. The lowest BCUT2D eigenvalue weighted by Gasteiger charge is -2.19. The normalized spacial score (nSPS) is 19.7. The molecule has 2 unspecified atom stereocenters. The molecule has 2 aromatic heterocycles. The molecule has 1 aliphatic heterocycles. The molecule has 7 nitrogen and oxygen atoms in total. The van der Waals surface area contributed by atoms with Gasteiger partial charge in [-0.3, -0.25) is 14.7 Å². The Morgan fingerprint density at radius 2 is 1.83 bits per heavy atom. The molecule has 4 rings (SSSR count). The third kappa shape index (κ3) is 4.26. The maximum atomic E-state index is 12.7. The standard InChI is InChI=1S/C23H27N5O2/c1-23(2,3)17-7-5-16(6-8-17)21(29)25-18-13-19(28(4)14-18)22-26-20(27-30-22)15-9-11-24-12-10-15/h5-12,18-19H,13-14H2,1-4H3,(H,25,29). The number of nitrogens with zero attached hydrogens (tertiary/aromatic N) is 4. The van der Waals surface area contributed by atoms with Crippen LogP contribution in [-0.4, -0.2) is 45.6 Å². The molecule has 0 spiro atoms. The van der Waals surface area contributed by atoms with Crippen molar-refractivity contribution in [3.63, 3.8) is 0 Å². The van der Waals surface area contributed by atoms with E-state index < -0.39 is 0 Å². The summed E-state index contributed by atoms with van der Waals surface area (Å²) in [7, 11) is 2.01. The molecule has 1 fully saturated rings. The predicted molar refractivity (Wildman–Crippen MR) is 114 cm³/mol. The summed E-state index contributed by atoms with van der Waals surface area (Å²) >= 11 is 0. The first-order valence-electron chi connectivity index (χ1n) is 10.2. The molecule has 1 aliphatic rings. The fourth-order valence-electron chi connectivity index (χ4n) is 3.77. The highest BCUT2D eigenvalue weighted by Gasteiger charge is 2.35. The first kappa shape index (κ1) is 20.2. The first-order chi connectivity index (χ1) is 14.3. The molecule has 1 amide bonds. The van der Waals surface area contributed by atoms with Gasteiger partial charge in [0, 0.05) is 36.1 Å². The molecule has 1 N–H and O–H groups in total. The summed E-state index contributed by atoms with van der Waals surface area (Å²) in [5, 5.41) is 7.24. The van der Waals surface area contributed by atoms with Gasteiger partial charge in [-0.05, 0) is 48.7 Å². The highest BCUT2D eigenvalue weighted by molar-refractivity contribution is 5.94. The Bertz CT molecular complexity index is 1010. The number of pyridine rings is 1. The molecule has 0 aliphatic carbocycles.